The monoisotopic (exact) mass is 364 g/mol. The van der Waals surface area contributed by atoms with Gasteiger partial charge in [-0.1, -0.05) is 24.3 Å². The minimum absolute atomic E-state index is 0.301. The number of aryl methyl sites for hydroxylation is 1. The zero-order valence-corrected chi connectivity index (χ0v) is 15.5. The molecule has 0 amide bonds. The van der Waals surface area contributed by atoms with E-state index in [1.807, 2.05) is 50.4 Å². The number of nitrogens with two attached hydrogens (primary N) is 1. The number of hydrogen-bond acceptors (Lipinski definition) is 5. The normalized spacial score (nSPS) is 11.4. The second-order valence-corrected chi connectivity index (χ2v) is 6.73. The van der Waals surface area contributed by atoms with Crippen molar-refractivity contribution in [1.29, 1.82) is 0 Å². The molecule has 0 bridgehead atoms. The maximum absolute atomic E-state index is 6.20. The van der Waals surface area contributed by atoms with Gasteiger partial charge in [-0.25, -0.2) is 14.7 Å². The highest BCUT2D eigenvalue weighted by atomic mass is 32.1. The SMILES string of the molecule is C=Nc1c(C(N)=NC(=C)c2ccc(NC)s2)cnn1-c1ccc(C)cc1. The lowest BCUT2D eigenvalue weighted by molar-refractivity contribution is 0.881. The Morgan fingerprint density at radius 1 is 1.23 bits per heavy atom. The zero-order chi connectivity index (χ0) is 18.7. The topological polar surface area (TPSA) is 80.6 Å². The van der Waals surface area contributed by atoms with Crippen molar-refractivity contribution in [2.45, 2.75) is 6.92 Å². The van der Waals surface area contributed by atoms with Gasteiger partial charge in [0.2, 0.25) is 0 Å². The van der Waals surface area contributed by atoms with Crippen LogP contribution in [-0.4, -0.2) is 29.4 Å². The third kappa shape index (κ3) is 3.43. The molecular formula is C19H20N6S. The van der Waals surface area contributed by atoms with E-state index in [-0.39, 0.29) is 0 Å². The van der Waals surface area contributed by atoms with E-state index < -0.39 is 0 Å². The maximum atomic E-state index is 6.20. The molecule has 0 aliphatic heterocycles. The first-order valence-corrected chi connectivity index (χ1v) is 8.78. The standard InChI is InChI=1S/C19H20N6S/c1-12-5-7-14(8-6-12)25-19(22-4)15(11-23-25)18(20)24-13(2)16-9-10-17(21-3)26-16/h5-11,21H,2,4H2,1,3H3,(H2,20,24). The fourth-order valence-corrected chi connectivity index (χ4v) is 3.21. The maximum Gasteiger partial charge on any atom is 0.166 e. The molecule has 6 nitrogen and oxygen atoms in total. The number of amidine groups is 1. The van der Waals surface area contributed by atoms with Gasteiger partial charge >= 0.3 is 0 Å². The van der Waals surface area contributed by atoms with Gasteiger partial charge in [0.05, 0.1) is 33.0 Å². The van der Waals surface area contributed by atoms with Crippen LogP contribution in [0, 0.1) is 6.92 Å². The summed E-state index contributed by atoms with van der Waals surface area (Å²) in [4.78, 5) is 9.48. The van der Waals surface area contributed by atoms with E-state index in [1.165, 1.54) is 5.56 Å². The van der Waals surface area contributed by atoms with Crippen LogP contribution in [0.25, 0.3) is 11.4 Å². The predicted molar refractivity (Wildman–Crippen MR) is 111 cm³/mol. The molecule has 26 heavy (non-hydrogen) atoms. The first-order chi connectivity index (χ1) is 12.5. The van der Waals surface area contributed by atoms with Crippen LogP contribution in [0.1, 0.15) is 16.0 Å². The molecule has 0 fully saturated rings. The molecule has 132 valence electrons. The van der Waals surface area contributed by atoms with Gasteiger partial charge < -0.3 is 11.1 Å². The summed E-state index contributed by atoms with van der Waals surface area (Å²) in [5.74, 6) is 0.847. The number of benzene rings is 1. The van der Waals surface area contributed by atoms with Crippen LogP contribution in [0.2, 0.25) is 0 Å². The molecule has 0 aliphatic carbocycles. The molecule has 7 heteroatoms. The smallest absolute Gasteiger partial charge is 0.166 e. The molecule has 0 spiro atoms. The van der Waals surface area contributed by atoms with Gasteiger partial charge in [-0.2, -0.15) is 5.10 Å². The van der Waals surface area contributed by atoms with Crippen molar-refractivity contribution in [3.8, 4) is 5.69 Å². The molecule has 2 aromatic heterocycles. The highest BCUT2D eigenvalue weighted by molar-refractivity contribution is 7.17. The van der Waals surface area contributed by atoms with E-state index in [2.05, 4.69) is 33.7 Å². The van der Waals surface area contributed by atoms with E-state index in [0.717, 1.165) is 15.6 Å². The Balaban J connectivity index is 1.94. The fourth-order valence-electron chi connectivity index (χ4n) is 2.44. The first-order valence-electron chi connectivity index (χ1n) is 7.96. The highest BCUT2D eigenvalue weighted by Crippen LogP contribution is 2.29. The van der Waals surface area contributed by atoms with Crippen molar-refractivity contribution in [1.82, 2.24) is 9.78 Å². The first kappa shape index (κ1) is 17.6. The van der Waals surface area contributed by atoms with Crippen molar-refractivity contribution in [2.75, 3.05) is 12.4 Å². The highest BCUT2D eigenvalue weighted by Gasteiger charge is 2.15. The number of anilines is 1. The summed E-state index contributed by atoms with van der Waals surface area (Å²) >= 11 is 1.56. The number of nitrogens with one attached hydrogen (secondary N) is 1. The quantitative estimate of drug-likeness (QED) is 0.512. The summed E-state index contributed by atoms with van der Waals surface area (Å²) in [6.45, 7) is 9.69. The molecule has 3 N–H and O–H groups in total. The largest absolute Gasteiger partial charge is 0.383 e. The van der Waals surface area contributed by atoms with E-state index in [1.54, 1.807) is 22.2 Å². The van der Waals surface area contributed by atoms with Gasteiger partial charge in [0.25, 0.3) is 0 Å². The van der Waals surface area contributed by atoms with Crippen LogP contribution in [0.3, 0.4) is 0 Å². The van der Waals surface area contributed by atoms with Crippen molar-refractivity contribution >= 4 is 40.4 Å². The molecule has 0 atom stereocenters. The number of aromatic nitrogens is 2. The van der Waals surface area contributed by atoms with Crippen molar-refractivity contribution < 1.29 is 0 Å². The van der Waals surface area contributed by atoms with E-state index >= 15 is 0 Å². The molecule has 1 aromatic carbocycles. The minimum Gasteiger partial charge on any atom is -0.383 e. The van der Waals surface area contributed by atoms with Crippen LogP contribution >= 0.6 is 11.3 Å². The number of rotatable bonds is 6. The lowest BCUT2D eigenvalue weighted by atomic mass is 10.2. The van der Waals surface area contributed by atoms with Crippen LogP contribution in [0.15, 0.2) is 59.2 Å². The van der Waals surface area contributed by atoms with Gasteiger partial charge in [0.15, 0.2) is 5.82 Å². The number of hydrogen-bond donors (Lipinski definition) is 2. The van der Waals surface area contributed by atoms with E-state index in [0.29, 0.717) is 22.9 Å². The van der Waals surface area contributed by atoms with Crippen LogP contribution in [0.5, 0.6) is 0 Å². The Morgan fingerprint density at radius 2 is 1.96 bits per heavy atom. The third-order valence-corrected chi connectivity index (χ3v) is 4.99. The molecule has 2 heterocycles. The Kier molecular flexibility index (Phi) is 4.99. The van der Waals surface area contributed by atoms with Crippen LogP contribution < -0.4 is 11.1 Å². The van der Waals surface area contributed by atoms with Crippen LogP contribution in [-0.2, 0) is 0 Å². The van der Waals surface area contributed by atoms with Gasteiger partial charge in [-0.05, 0) is 37.9 Å². The van der Waals surface area contributed by atoms with Gasteiger partial charge in [-0.3, -0.25) is 0 Å². The summed E-state index contributed by atoms with van der Waals surface area (Å²) in [6.07, 6.45) is 1.64. The lowest BCUT2D eigenvalue weighted by Gasteiger charge is -2.06. The average Bonchev–Trinajstić information content (AvgIpc) is 3.29. The van der Waals surface area contributed by atoms with E-state index in [9.17, 15) is 0 Å². The van der Waals surface area contributed by atoms with Crippen LogP contribution in [0.4, 0.5) is 10.8 Å². The molecule has 3 aromatic rings. The Bertz CT molecular complexity index is 978. The Morgan fingerprint density at radius 3 is 2.58 bits per heavy atom. The second-order valence-electron chi connectivity index (χ2n) is 5.64. The Labute approximate surface area is 156 Å². The second kappa shape index (κ2) is 7.37. The summed E-state index contributed by atoms with van der Waals surface area (Å²) in [6, 6.07) is 11.9. The summed E-state index contributed by atoms with van der Waals surface area (Å²) < 4.78 is 1.69. The molecule has 3 rings (SSSR count). The number of thiophene rings is 1. The molecule has 0 aliphatic rings. The Hall–Kier alpha value is -3.19. The summed E-state index contributed by atoms with van der Waals surface area (Å²) in [5.41, 5.74) is 9.46. The summed E-state index contributed by atoms with van der Waals surface area (Å²) in [7, 11) is 1.87. The molecular weight excluding hydrogens is 344 g/mol. The zero-order valence-electron chi connectivity index (χ0n) is 14.7. The average molecular weight is 364 g/mol. The number of nitrogens with zero attached hydrogens (tertiary/aromatic N) is 4. The van der Waals surface area contributed by atoms with Crippen molar-refractivity contribution in [3.63, 3.8) is 0 Å². The summed E-state index contributed by atoms with van der Waals surface area (Å²) in [5, 5.41) is 8.52. The number of aliphatic imine (C=N–C) groups is 2. The molecule has 0 saturated heterocycles. The van der Waals surface area contributed by atoms with Gasteiger partial charge in [-0.15, -0.1) is 11.3 Å². The molecule has 0 saturated carbocycles. The van der Waals surface area contributed by atoms with Gasteiger partial charge in [0.1, 0.15) is 5.84 Å². The third-order valence-electron chi connectivity index (χ3n) is 3.84. The van der Waals surface area contributed by atoms with E-state index in [4.69, 9.17) is 5.73 Å². The predicted octanol–water partition coefficient (Wildman–Crippen LogP) is 3.99. The molecule has 0 radical (unpaired) electrons. The van der Waals surface area contributed by atoms with Gasteiger partial charge in [0, 0.05) is 7.05 Å². The minimum atomic E-state index is 0.301. The fraction of sp³-hybridized carbons (Fsp3) is 0.105. The van der Waals surface area contributed by atoms with Crippen molar-refractivity contribution in [3.05, 3.63) is 65.2 Å². The molecule has 0 unspecified atom stereocenters. The lowest BCUT2D eigenvalue weighted by Crippen LogP contribution is -2.13. The van der Waals surface area contributed by atoms with Crippen molar-refractivity contribution in [2.24, 2.45) is 15.7 Å².